The predicted molar refractivity (Wildman–Crippen MR) is 98.4 cm³/mol. The van der Waals surface area contributed by atoms with E-state index in [0.29, 0.717) is 19.3 Å². The van der Waals surface area contributed by atoms with Gasteiger partial charge in [0.05, 0.1) is 0 Å². The third-order valence-corrected chi connectivity index (χ3v) is 4.71. The monoisotopic (exact) mass is 376 g/mol. The normalized spacial score (nSPS) is 24.7. The summed E-state index contributed by atoms with van der Waals surface area (Å²) in [6.07, 6.45) is 1.000. The Hall–Kier alpha value is -0.880. The van der Waals surface area contributed by atoms with Gasteiger partial charge in [0.25, 0.3) is 0 Å². The number of piperazine rings is 1. The van der Waals surface area contributed by atoms with Gasteiger partial charge in [-0.1, -0.05) is 0 Å². The zero-order chi connectivity index (χ0) is 15.2. The molecule has 3 aliphatic rings. The molecule has 0 aliphatic carbocycles. The van der Waals surface area contributed by atoms with Crippen LogP contribution in [-0.4, -0.2) is 49.9 Å². The minimum atomic E-state index is -0.196. The van der Waals surface area contributed by atoms with Gasteiger partial charge in [-0.25, -0.2) is 0 Å². The zero-order valence-electron chi connectivity index (χ0n) is 14.2. The number of hydrogen-bond donors (Lipinski definition) is 1. The van der Waals surface area contributed by atoms with Gasteiger partial charge >= 0.3 is 0 Å². The van der Waals surface area contributed by atoms with Crippen LogP contribution < -0.4 is 19.5 Å². The van der Waals surface area contributed by atoms with Crippen LogP contribution in [0.3, 0.4) is 0 Å². The van der Waals surface area contributed by atoms with Crippen molar-refractivity contribution in [1.29, 1.82) is 0 Å². The van der Waals surface area contributed by atoms with Crippen LogP contribution in [0.25, 0.3) is 0 Å². The van der Waals surface area contributed by atoms with Gasteiger partial charge < -0.3 is 19.5 Å². The van der Waals surface area contributed by atoms with Crippen LogP contribution in [0.2, 0.25) is 0 Å². The first-order valence-corrected chi connectivity index (χ1v) is 8.20. The van der Waals surface area contributed by atoms with Crippen molar-refractivity contribution in [2.45, 2.75) is 31.9 Å². The lowest BCUT2D eigenvalue weighted by atomic mass is 9.88. The maximum atomic E-state index is 6.29. The van der Waals surface area contributed by atoms with E-state index < -0.39 is 0 Å². The highest BCUT2D eigenvalue weighted by atomic mass is 35.5. The zero-order valence-corrected chi connectivity index (χ0v) is 15.8. The van der Waals surface area contributed by atoms with Crippen molar-refractivity contribution < 1.29 is 14.2 Å². The fourth-order valence-corrected chi connectivity index (χ4v) is 3.69. The standard InChI is InChI=1S/C17H24N2O3.2ClH/c1-17(2)11-13(19-7-5-18-6-8-19)12-3-4-14-16(15(12)22-17)21-10-9-20-14;;/h3-4,13,18H,5-11H2,1-2H3;2*1H. The molecule has 1 aromatic rings. The Bertz CT molecular complexity index is 577. The predicted octanol–water partition coefficient (Wildman–Crippen LogP) is 2.81. The molecule has 0 amide bonds. The molecule has 1 N–H and O–H groups in total. The van der Waals surface area contributed by atoms with Crippen molar-refractivity contribution in [2.75, 3.05) is 39.4 Å². The molecule has 4 rings (SSSR count). The van der Waals surface area contributed by atoms with Crippen molar-refractivity contribution in [3.05, 3.63) is 17.7 Å². The summed E-state index contributed by atoms with van der Waals surface area (Å²) in [5.74, 6) is 2.48. The number of ether oxygens (including phenoxy) is 3. The van der Waals surface area contributed by atoms with Gasteiger partial charge in [-0.2, -0.15) is 0 Å². The highest BCUT2D eigenvalue weighted by Gasteiger charge is 2.40. The summed E-state index contributed by atoms with van der Waals surface area (Å²) in [6, 6.07) is 4.58. The molecule has 1 fully saturated rings. The lowest BCUT2D eigenvalue weighted by molar-refractivity contribution is 0.0205. The third kappa shape index (κ3) is 3.54. The number of rotatable bonds is 1. The van der Waals surface area contributed by atoms with Crippen LogP contribution in [-0.2, 0) is 0 Å². The molecule has 1 atom stereocenters. The van der Waals surface area contributed by atoms with E-state index in [2.05, 4.69) is 30.1 Å². The number of benzene rings is 1. The SMILES string of the molecule is CC1(C)CC(N2CCNCC2)c2ccc3c(c2O1)OCCO3.Cl.Cl. The molecule has 5 nitrogen and oxygen atoms in total. The molecular weight excluding hydrogens is 351 g/mol. The van der Waals surface area contributed by atoms with Gasteiger partial charge in [0.2, 0.25) is 5.75 Å². The van der Waals surface area contributed by atoms with Crippen molar-refractivity contribution >= 4 is 24.8 Å². The molecule has 1 unspecified atom stereocenters. The fourth-order valence-electron chi connectivity index (χ4n) is 3.69. The Morgan fingerprint density at radius 2 is 1.75 bits per heavy atom. The molecule has 0 radical (unpaired) electrons. The first-order chi connectivity index (χ1) is 10.6. The number of hydrogen-bond acceptors (Lipinski definition) is 5. The van der Waals surface area contributed by atoms with Gasteiger partial charge in [0.15, 0.2) is 11.5 Å². The van der Waals surface area contributed by atoms with E-state index in [1.54, 1.807) is 0 Å². The molecule has 3 heterocycles. The van der Waals surface area contributed by atoms with E-state index in [9.17, 15) is 0 Å². The van der Waals surface area contributed by atoms with Crippen LogP contribution in [0.1, 0.15) is 31.9 Å². The van der Waals surface area contributed by atoms with Crippen LogP contribution >= 0.6 is 24.8 Å². The highest BCUT2D eigenvalue weighted by molar-refractivity contribution is 5.85. The van der Waals surface area contributed by atoms with E-state index >= 15 is 0 Å². The number of halogens is 2. The minimum absolute atomic E-state index is 0. The molecule has 3 aliphatic heterocycles. The molecule has 0 bridgehead atoms. The Balaban J connectivity index is 0.00000104. The molecule has 0 saturated carbocycles. The van der Waals surface area contributed by atoms with Crippen LogP contribution in [0.5, 0.6) is 17.2 Å². The summed E-state index contributed by atoms with van der Waals surface area (Å²) < 4.78 is 17.9. The highest BCUT2D eigenvalue weighted by Crippen LogP contribution is 2.51. The van der Waals surface area contributed by atoms with Crippen LogP contribution in [0.15, 0.2) is 12.1 Å². The van der Waals surface area contributed by atoms with E-state index in [1.807, 2.05) is 6.07 Å². The molecule has 136 valence electrons. The van der Waals surface area contributed by atoms with Crippen molar-refractivity contribution in [1.82, 2.24) is 10.2 Å². The van der Waals surface area contributed by atoms with Gasteiger partial charge in [-0.3, -0.25) is 4.90 Å². The Morgan fingerprint density at radius 1 is 1.04 bits per heavy atom. The second-order valence-corrected chi connectivity index (χ2v) is 6.88. The topological polar surface area (TPSA) is 43.0 Å². The van der Waals surface area contributed by atoms with E-state index in [0.717, 1.165) is 49.8 Å². The van der Waals surface area contributed by atoms with Gasteiger partial charge in [0, 0.05) is 44.2 Å². The van der Waals surface area contributed by atoms with Gasteiger partial charge in [-0.15, -0.1) is 24.8 Å². The summed E-state index contributed by atoms with van der Waals surface area (Å²) in [5, 5.41) is 3.43. The first kappa shape index (κ1) is 19.4. The Kier molecular flexibility index (Phi) is 6.13. The maximum Gasteiger partial charge on any atom is 0.204 e. The lowest BCUT2D eigenvalue weighted by Crippen LogP contribution is -2.49. The van der Waals surface area contributed by atoms with Crippen molar-refractivity contribution in [3.8, 4) is 17.2 Å². The quantitative estimate of drug-likeness (QED) is 0.815. The number of nitrogens with one attached hydrogen (secondary N) is 1. The molecule has 0 spiro atoms. The van der Waals surface area contributed by atoms with E-state index in [-0.39, 0.29) is 30.4 Å². The summed E-state index contributed by atoms with van der Waals surface area (Å²) in [6.45, 7) is 9.78. The molecule has 1 saturated heterocycles. The average molecular weight is 377 g/mol. The number of nitrogens with zero attached hydrogens (tertiary/aromatic N) is 1. The average Bonchev–Trinajstić information content (AvgIpc) is 2.54. The molecule has 0 aromatic heterocycles. The Labute approximate surface area is 155 Å². The summed E-state index contributed by atoms with van der Waals surface area (Å²) in [4.78, 5) is 2.57. The fraction of sp³-hybridized carbons (Fsp3) is 0.647. The summed E-state index contributed by atoms with van der Waals surface area (Å²) in [7, 11) is 0. The van der Waals surface area contributed by atoms with Crippen molar-refractivity contribution in [2.24, 2.45) is 0 Å². The number of fused-ring (bicyclic) bond motifs is 3. The van der Waals surface area contributed by atoms with E-state index in [4.69, 9.17) is 14.2 Å². The third-order valence-electron chi connectivity index (χ3n) is 4.71. The summed E-state index contributed by atoms with van der Waals surface area (Å²) >= 11 is 0. The minimum Gasteiger partial charge on any atom is -0.486 e. The first-order valence-electron chi connectivity index (χ1n) is 8.20. The maximum absolute atomic E-state index is 6.29. The van der Waals surface area contributed by atoms with E-state index in [1.165, 1.54) is 5.56 Å². The Morgan fingerprint density at radius 3 is 2.50 bits per heavy atom. The molecular formula is C17H26Cl2N2O3. The molecule has 1 aromatic carbocycles. The molecule has 7 heteroatoms. The summed E-state index contributed by atoms with van der Waals surface area (Å²) in [5.41, 5.74) is 1.05. The van der Waals surface area contributed by atoms with Crippen LogP contribution in [0, 0.1) is 0 Å². The van der Waals surface area contributed by atoms with Gasteiger partial charge in [-0.05, 0) is 26.0 Å². The van der Waals surface area contributed by atoms with Crippen molar-refractivity contribution in [3.63, 3.8) is 0 Å². The second-order valence-electron chi connectivity index (χ2n) is 6.88. The van der Waals surface area contributed by atoms with Gasteiger partial charge in [0.1, 0.15) is 18.8 Å². The second kappa shape index (κ2) is 7.56. The smallest absolute Gasteiger partial charge is 0.204 e. The largest absolute Gasteiger partial charge is 0.486 e. The van der Waals surface area contributed by atoms with Crippen LogP contribution in [0.4, 0.5) is 0 Å². The molecule has 24 heavy (non-hydrogen) atoms. The lowest BCUT2D eigenvalue weighted by Gasteiger charge is -2.44.